The van der Waals surface area contributed by atoms with Gasteiger partial charge in [-0.2, -0.15) is 0 Å². The summed E-state index contributed by atoms with van der Waals surface area (Å²) in [5, 5.41) is 12.5. The van der Waals surface area contributed by atoms with Gasteiger partial charge in [0.1, 0.15) is 6.10 Å². The van der Waals surface area contributed by atoms with Crippen molar-refractivity contribution in [3.63, 3.8) is 0 Å². The average Bonchev–Trinajstić information content (AvgIpc) is 2.77. The lowest BCUT2D eigenvalue weighted by Gasteiger charge is -2.05. The third-order valence-electron chi connectivity index (χ3n) is 2.03. The maximum atomic E-state index is 9.94. The molecule has 2 aromatic heterocycles. The fourth-order valence-electron chi connectivity index (χ4n) is 1.22. The van der Waals surface area contributed by atoms with Gasteiger partial charge in [0, 0.05) is 5.56 Å². The predicted octanol–water partition coefficient (Wildman–Crippen LogP) is 3.38. The van der Waals surface area contributed by atoms with Gasteiger partial charge in [0.05, 0.1) is 22.4 Å². The molecule has 0 fully saturated rings. The van der Waals surface area contributed by atoms with E-state index in [1.165, 1.54) is 23.9 Å². The minimum atomic E-state index is -0.681. The summed E-state index contributed by atoms with van der Waals surface area (Å²) < 4.78 is 4.91. The maximum Gasteiger partial charge on any atom is 0.118 e. The lowest BCUT2D eigenvalue weighted by atomic mass is 10.1. The van der Waals surface area contributed by atoms with Gasteiger partial charge in [-0.25, -0.2) is 0 Å². The standard InChI is InChI=1S/C10H9ClO2S/c1-6-5-14-10(8(6)11)9(12)7-2-3-13-4-7/h2-5,9,12H,1H3. The van der Waals surface area contributed by atoms with Gasteiger partial charge in [-0.1, -0.05) is 11.6 Å². The van der Waals surface area contributed by atoms with Crippen LogP contribution in [0.1, 0.15) is 22.1 Å². The lowest BCUT2D eigenvalue weighted by molar-refractivity contribution is 0.223. The summed E-state index contributed by atoms with van der Waals surface area (Å²) in [5.74, 6) is 0. The summed E-state index contributed by atoms with van der Waals surface area (Å²) in [6, 6.07) is 1.73. The van der Waals surface area contributed by atoms with E-state index in [-0.39, 0.29) is 0 Å². The zero-order valence-electron chi connectivity index (χ0n) is 7.53. The summed E-state index contributed by atoms with van der Waals surface area (Å²) in [4.78, 5) is 0.769. The number of furan rings is 1. The SMILES string of the molecule is Cc1csc(C(O)c2ccoc2)c1Cl. The Morgan fingerprint density at radius 3 is 2.86 bits per heavy atom. The normalized spacial score (nSPS) is 13.1. The van der Waals surface area contributed by atoms with Crippen molar-refractivity contribution in [2.24, 2.45) is 0 Å². The van der Waals surface area contributed by atoms with Crippen molar-refractivity contribution in [2.75, 3.05) is 0 Å². The zero-order valence-corrected chi connectivity index (χ0v) is 9.10. The molecule has 0 aliphatic rings. The first kappa shape index (κ1) is 9.77. The number of aliphatic hydroxyl groups excluding tert-OH is 1. The van der Waals surface area contributed by atoms with Crippen LogP contribution in [0.5, 0.6) is 0 Å². The molecule has 2 nitrogen and oxygen atoms in total. The van der Waals surface area contributed by atoms with E-state index in [0.717, 1.165) is 16.0 Å². The van der Waals surface area contributed by atoms with Crippen molar-refractivity contribution in [1.82, 2.24) is 0 Å². The van der Waals surface area contributed by atoms with E-state index >= 15 is 0 Å². The van der Waals surface area contributed by atoms with Gasteiger partial charge in [-0.3, -0.25) is 0 Å². The molecule has 0 aliphatic heterocycles. The molecule has 2 aromatic rings. The maximum absolute atomic E-state index is 9.94. The van der Waals surface area contributed by atoms with Crippen LogP contribution in [0.2, 0.25) is 5.02 Å². The second kappa shape index (κ2) is 3.77. The third-order valence-corrected chi connectivity index (χ3v) is 3.80. The molecule has 0 bridgehead atoms. The Kier molecular flexibility index (Phi) is 2.63. The van der Waals surface area contributed by atoms with E-state index in [1.54, 1.807) is 6.07 Å². The van der Waals surface area contributed by atoms with Crippen LogP contribution in [-0.4, -0.2) is 5.11 Å². The van der Waals surface area contributed by atoms with Crippen LogP contribution in [0.15, 0.2) is 28.4 Å². The smallest absolute Gasteiger partial charge is 0.118 e. The van der Waals surface area contributed by atoms with E-state index in [9.17, 15) is 5.11 Å². The van der Waals surface area contributed by atoms with Gasteiger partial charge in [0.15, 0.2) is 0 Å². The summed E-state index contributed by atoms with van der Waals surface area (Å²) in [7, 11) is 0. The Morgan fingerprint density at radius 2 is 2.36 bits per heavy atom. The molecule has 0 saturated heterocycles. The first-order valence-electron chi connectivity index (χ1n) is 4.14. The van der Waals surface area contributed by atoms with Gasteiger partial charge in [-0.15, -0.1) is 11.3 Å². The Labute approximate surface area is 90.8 Å². The molecule has 0 radical (unpaired) electrons. The van der Waals surface area contributed by atoms with Crippen molar-refractivity contribution in [3.05, 3.63) is 45.0 Å². The third kappa shape index (κ3) is 1.59. The van der Waals surface area contributed by atoms with E-state index < -0.39 is 6.10 Å². The number of hydrogen-bond acceptors (Lipinski definition) is 3. The number of thiophene rings is 1. The summed E-state index contributed by atoms with van der Waals surface area (Å²) in [6.45, 7) is 1.92. The molecule has 0 aliphatic carbocycles. The molecular weight excluding hydrogens is 220 g/mol. The van der Waals surface area contributed by atoms with E-state index in [4.69, 9.17) is 16.0 Å². The van der Waals surface area contributed by atoms with Crippen LogP contribution in [0, 0.1) is 6.92 Å². The second-order valence-corrected chi connectivity index (χ2v) is 4.35. The molecule has 0 amide bonds. The monoisotopic (exact) mass is 228 g/mol. The Balaban J connectivity index is 2.36. The van der Waals surface area contributed by atoms with Crippen molar-refractivity contribution in [3.8, 4) is 0 Å². The first-order chi connectivity index (χ1) is 6.70. The highest BCUT2D eigenvalue weighted by Crippen LogP contribution is 2.35. The molecule has 1 atom stereocenters. The molecule has 74 valence electrons. The largest absolute Gasteiger partial charge is 0.472 e. The molecule has 0 saturated carbocycles. The minimum Gasteiger partial charge on any atom is -0.472 e. The highest BCUT2D eigenvalue weighted by Gasteiger charge is 2.17. The Morgan fingerprint density at radius 1 is 1.57 bits per heavy atom. The van der Waals surface area contributed by atoms with Gasteiger partial charge >= 0.3 is 0 Å². The van der Waals surface area contributed by atoms with Crippen LogP contribution in [0.25, 0.3) is 0 Å². The zero-order chi connectivity index (χ0) is 10.1. The molecule has 1 N–H and O–H groups in total. The second-order valence-electron chi connectivity index (χ2n) is 3.06. The van der Waals surface area contributed by atoms with E-state index in [1.807, 2.05) is 12.3 Å². The first-order valence-corrected chi connectivity index (χ1v) is 5.39. The van der Waals surface area contributed by atoms with Crippen LogP contribution >= 0.6 is 22.9 Å². The number of aliphatic hydroxyl groups is 1. The van der Waals surface area contributed by atoms with Crippen molar-refractivity contribution < 1.29 is 9.52 Å². The van der Waals surface area contributed by atoms with Crippen LogP contribution in [0.4, 0.5) is 0 Å². The van der Waals surface area contributed by atoms with E-state index in [2.05, 4.69) is 0 Å². The van der Waals surface area contributed by atoms with Crippen LogP contribution < -0.4 is 0 Å². The summed E-state index contributed by atoms with van der Waals surface area (Å²) in [5.41, 5.74) is 1.72. The fourth-order valence-corrected chi connectivity index (χ4v) is 2.52. The van der Waals surface area contributed by atoms with Gasteiger partial charge in [0.25, 0.3) is 0 Å². The van der Waals surface area contributed by atoms with Crippen LogP contribution in [0.3, 0.4) is 0 Å². The predicted molar refractivity (Wildman–Crippen MR) is 56.8 cm³/mol. The molecule has 2 heterocycles. The highest BCUT2D eigenvalue weighted by molar-refractivity contribution is 7.10. The molecule has 0 spiro atoms. The number of halogens is 1. The topological polar surface area (TPSA) is 33.4 Å². The van der Waals surface area contributed by atoms with Crippen molar-refractivity contribution in [2.45, 2.75) is 13.0 Å². The molecule has 2 rings (SSSR count). The molecule has 1 unspecified atom stereocenters. The summed E-state index contributed by atoms with van der Waals surface area (Å²) in [6.07, 6.45) is 2.38. The average molecular weight is 229 g/mol. The van der Waals surface area contributed by atoms with Crippen LogP contribution in [-0.2, 0) is 0 Å². The lowest BCUT2D eigenvalue weighted by Crippen LogP contribution is -1.95. The number of hydrogen-bond donors (Lipinski definition) is 1. The van der Waals surface area contributed by atoms with Gasteiger partial charge in [0.2, 0.25) is 0 Å². The summed E-state index contributed by atoms with van der Waals surface area (Å²) >= 11 is 7.50. The Bertz CT molecular complexity index is 419. The molecule has 14 heavy (non-hydrogen) atoms. The van der Waals surface area contributed by atoms with Gasteiger partial charge < -0.3 is 9.52 Å². The highest BCUT2D eigenvalue weighted by atomic mass is 35.5. The van der Waals surface area contributed by atoms with E-state index in [0.29, 0.717) is 5.02 Å². The minimum absolute atomic E-state index is 0.642. The fraction of sp³-hybridized carbons (Fsp3) is 0.200. The number of rotatable bonds is 2. The Hall–Kier alpha value is -0.770. The number of aryl methyl sites for hydroxylation is 1. The van der Waals surface area contributed by atoms with Gasteiger partial charge in [-0.05, 0) is 23.9 Å². The molecule has 0 aromatic carbocycles. The quantitative estimate of drug-likeness (QED) is 0.855. The molecular formula is C10H9ClO2S. The van der Waals surface area contributed by atoms with Crippen molar-refractivity contribution >= 4 is 22.9 Å². The molecule has 4 heteroatoms. The van der Waals surface area contributed by atoms with Crippen molar-refractivity contribution in [1.29, 1.82) is 0 Å².